The van der Waals surface area contributed by atoms with Crippen LogP contribution in [-0.2, 0) is 14.3 Å². The van der Waals surface area contributed by atoms with Gasteiger partial charge in [0, 0.05) is 17.9 Å². The molecule has 0 radical (unpaired) electrons. The minimum absolute atomic E-state index is 0.0108. The maximum absolute atomic E-state index is 12.1. The van der Waals surface area contributed by atoms with Crippen LogP contribution in [0.3, 0.4) is 0 Å². The van der Waals surface area contributed by atoms with Crippen molar-refractivity contribution in [3.8, 4) is 11.8 Å². The number of aliphatic hydroxyl groups is 1. The Bertz CT molecular complexity index is 906. The molecule has 0 spiro atoms. The van der Waals surface area contributed by atoms with Gasteiger partial charge in [-0.2, -0.15) is 0 Å². The fraction of sp³-hybridized carbons (Fsp3) is 0.480. The molecule has 6 nitrogen and oxygen atoms in total. The van der Waals surface area contributed by atoms with Gasteiger partial charge in [-0.15, -0.1) is 5.73 Å². The molecule has 31 heavy (non-hydrogen) atoms. The first-order valence-corrected chi connectivity index (χ1v) is 10.1. The van der Waals surface area contributed by atoms with E-state index < -0.39 is 29.2 Å². The van der Waals surface area contributed by atoms with E-state index in [2.05, 4.69) is 22.9 Å². The SMILES string of the molecule is CC(=O)OC[C@](C)(CC=C=C(C)C)[C@H](O)C#Cc1ccccc1NC(=O)OC(C)(C)C. The number of hydrogen-bond acceptors (Lipinski definition) is 5. The number of allylic oxidation sites excluding steroid dienone is 1. The van der Waals surface area contributed by atoms with E-state index in [4.69, 9.17) is 9.47 Å². The van der Waals surface area contributed by atoms with Gasteiger partial charge in [0.1, 0.15) is 18.3 Å². The molecule has 2 N–H and O–H groups in total. The van der Waals surface area contributed by atoms with Crippen LogP contribution in [0.4, 0.5) is 10.5 Å². The van der Waals surface area contributed by atoms with Gasteiger partial charge in [-0.05, 0) is 64.8 Å². The molecular formula is C25H33NO5. The molecule has 1 aromatic rings. The third-order valence-corrected chi connectivity index (χ3v) is 4.13. The molecule has 2 atom stereocenters. The molecule has 6 heteroatoms. The van der Waals surface area contributed by atoms with Crippen molar-refractivity contribution >= 4 is 17.7 Å². The highest BCUT2D eigenvalue weighted by Crippen LogP contribution is 2.28. The smallest absolute Gasteiger partial charge is 0.412 e. The maximum Gasteiger partial charge on any atom is 0.412 e. The molecule has 1 amide bonds. The van der Waals surface area contributed by atoms with E-state index in [0.29, 0.717) is 17.7 Å². The van der Waals surface area contributed by atoms with Crippen LogP contribution in [0.15, 0.2) is 41.6 Å². The fourth-order valence-corrected chi connectivity index (χ4v) is 2.44. The second-order valence-corrected chi connectivity index (χ2v) is 8.83. The van der Waals surface area contributed by atoms with Crippen molar-refractivity contribution < 1.29 is 24.2 Å². The number of para-hydroxylation sites is 1. The van der Waals surface area contributed by atoms with Crippen molar-refractivity contribution in [3.05, 3.63) is 47.2 Å². The van der Waals surface area contributed by atoms with Crippen LogP contribution in [0, 0.1) is 17.3 Å². The highest BCUT2D eigenvalue weighted by molar-refractivity contribution is 5.86. The van der Waals surface area contributed by atoms with E-state index in [1.807, 2.05) is 19.9 Å². The summed E-state index contributed by atoms with van der Waals surface area (Å²) in [6, 6.07) is 6.99. The Labute approximate surface area is 185 Å². The lowest BCUT2D eigenvalue weighted by Crippen LogP contribution is -2.36. The molecule has 0 bridgehead atoms. The average Bonchev–Trinajstić information content (AvgIpc) is 2.63. The van der Waals surface area contributed by atoms with Crippen LogP contribution < -0.4 is 5.32 Å². The topological polar surface area (TPSA) is 84.9 Å². The monoisotopic (exact) mass is 427 g/mol. The number of nitrogens with one attached hydrogen (secondary N) is 1. The lowest BCUT2D eigenvalue weighted by atomic mass is 9.81. The molecule has 0 saturated carbocycles. The van der Waals surface area contributed by atoms with Gasteiger partial charge in [0.2, 0.25) is 0 Å². The molecule has 0 heterocycles. The van der Waals surface area contributed by atoms with Gasteiger partial charge in [-0.3, -0.25) is 10.1 Å². The number of aliphatic hydroxyl groups excluding tert-OH is 1. The van der Waals surface area contributed by atoms with Gasteiger partial charge in [0.15, 0.2) is 0 Å². The Hall–Kier alpha value is -3.00. The number of amides is 1. The van der Waals surface area contributed by atoms with E-state index in [9.17, 15) is 14.7 Å². The first-order chi connectivity index (χ1) is 14.3. The number of rotatable bonds is 6. The van der Waals surface area contributed by atoms with Crippen LogP contribution in [0.5, 0.6) is 0 Å². The number of benzene rings is 1. The van der Waals surface area contributed by atoms with E-state index in [-0.39, 0.29) is 6.61 Å². The second kappa shape index (κ2) is 11.4. The fourth-order valence-electron chi connectivity index (χ4n) is 2.44. The molecule has 0 aliphatic carbocycles. The summed E-state index contributed by atoms with van der Waals surface area (Å²) >= 11 is 0. The minimum atomic E-state index is -1.09. The summed E-state index contributed by atoms with van der Waals surface area (Å²) in [7, 11) is 0. The zero-order valence-electron chi connectivity index (χ0n) is 19.5. The van der Waals surface area contributed by atoms with E-state index in [1.165, 1.54) is 6.92 Å². The summed E-state index contributed by atoms with van der Waals surface area (Å²) in [5.74, 6) is 5.33. The van der Waals surface area contributed by atoms with Crippen LogP contribution in [-0.4, -0.2) is 35.5 Å². The minimum Gasteiger partial charge on any atom is -0.465 e. The summed E-state index contributed by atoms with van der Waals surface area (Å²) in [6.07, 6.45) is 0.548. The molecule has 0 aliphatic heterocycles. The quantitative estimate of drug-likeness (QED) is 0.386. The van der Waals surface area contributed by atoms with Gasteiger partial charge in [0.25, 0.3) is 0 Å². The Morgan fingerprint density at radius 3 is 2.39 bits per heavy atom. The summed E-state index contributed by atoms with van der Waals surface area (Å²) in [4.78, 5) is 23.4. The summed E-state index contributed by atoms with van der Waals surface area (Å²) in [6.45, 7) is 12.3. The lowest BCUT2D eigenvalue weighted by molar-refractivity contribution is -0.146. The lowest BCUT2D eigenvalue weighted by Gasteiger charge is -2.29. The summed E-state index contributed by atoms with van der Waals surface area (Å²) in [5.41, 5.74) is 3.65. The highest BCUT2D eigenvalue weighted by atomic mass is 16.6. The predicted octanol–water partition coefficient (Wildman–Crippen LogP) is 4.83. The predicted molar refractivity (Wildman–Crippen MR) is 121 cm³/mol. The van der Waals surface area contributed by atoms with E-state index >= 15 is 0 Å². The number of carbonyl (C=O) groups excluding carboxylic acids is 2. The van der Waals surface area contributed by atoms with Gasteiger partial charge < -0.3 is 14.6 Å². The highest BCUT2D eigenvalue weighted by Gasteiger charge is 2.32. The summed E-state index contributed by atoms with van der Waals surface area (Å²) < 4.78 is 10.5. The van der Waals surface area contributed by atoms with Gasteiger partial charge in [0.05, 0.1) is 5.69 Å². The third kappa shape index (κ3) is 10.0. The van der Waals surface area contributed by atoms with Crippen LogP contribution in [0.1, 0.15) is 60.5 Å². The standard InChI is InChI=1S/C25H33NO5/c1-18(2)11-10-16-25(7,17-30-19(3)27)22(28)15-14-20-12-8-9-13-21(20)26-23(29)31-24(4,5)6/h8-10,12-13,22,28H,16-17H2,1-7H3,(H,26,29)/t22-,25+/m1/s1. The normalized spacial score (nSPS) is 13.4. The molecule has 0 saturated heterocycles. The van der Waals surface area contributed by atoms with Crippen molar-refractivity contribution in [1.29, 1.82) is 0 Å². The van der Waals surface area contributed by atoms with Crippen LogP contribution >= 0.6 is 0 Å². The van der Waals surface area contributed by atoms with Crippen molar-refractivity contribution in [2.24, 2.45) is 5.41 Å². The number of anilines is 1. The molecule has 0 unspecified atom stereocenters. The van der Waals surface area contributed by atoms with Crippen LogP contribution in [0.2, 0.25) is 0 Å². The Balaban J connectivity index is 3.12. The molecule has 0 fully saturated rings. The van der Waals surface area contributed by atoms with Crippen molar-refractivity contribution in [1.82, 2.24) is 0 Å². The maximum atomic E-state index is 12.1. The van der Waals surface area contributed by atoms with E-state index in [1.54, 1.807) is 52.0 Å². The largest absolute Gasteiger partial charge is 0.465 e. The molecule has 1 aromatic carbocycles. The molecule has 168 valence electrons. The first kappa shape index (κ1) is 26.0. The Morgan fingerprint density at radius 2 is 1.81 bits per heavy atom. The number of hydrogen-bond donors (Lipinski definition) is 2. The second-order valence-electron chi connectivity index (χ2n) is 8.83. The summed E-state index contributed by atoms with van der Waals surface area (Å²) in [5, 5.41) is 13.5. The third-order valence-electron chi connectivity index (χ3n) is 4.13. The first-order valence-electron chi connectivity index (χ1n) is 10.1. The Morgan fingerprint density at radius 1 is 1.16 bits per heavy atom. The van der Waals surface area contributed by atoms with Crippen molar-refractivity contribution in [2.45, 2.75) is 66.6 Å². The zero-order valence-corrected chi connectivity index (χ0v) is 19.5. The van der Waals surface area contributed by atoms with Gasteiger partial charge in [-0.25, -0.2) is 4.79 Å². The molecule has 1 rings (SSSR count). The van der Waals surface area contributed by atoms with E-state index in [0.717, 1.165) is 5.57 Å². The number of esters is 1. The zero-order chi connectivity index (χ0) is 23.7. The Kier molecular flexibility index (Phi) is 9.58. The molecule has 0 aliphatic rings. The van der Waals surface area contributed by atoms with Crippen LogP contribution in [0.25, 0.3) is 0 Å². The number of ether oxygens (including phenoxy) is 2. The van der Waals surface area contributed by atoms with Gasteiger partial charge >= 0.3 is 12.1 Å². The molecule has 0 aromatic heterocycles. The van der Waals surface area contributed by atoms with Crippen molar-refractivity contribution in [3.63, 3.8) is 0 Å². The molecular weight excluding hydrogens is 394 g/mol. The van der Waals surface area contributed by atoms with Crippen molar-refractivity contribution in [2.75, 3.05) is 11.9 Å². The van der Waals surface area contributed by atoms with Gasteiger partial charge in [-0.1, -0.05) is 30.9 Å². The number of carbonyl (C=O) groups is 2. The average molecular weight is 428 g/mol.